The maximum absolute atomic E-state index is 11.3. The lowest BCUT2D eigenvalue weighted by Gasteiger charge is -2.05. The van der Waals surface area contributed by atoms with E-state index < -0.39 is 0 Å². The molecule has 3 N–H and O–H groups in total. The van der Waals surface area contributed by atoms with Crippen LogP contribution in [0.1, 0.15) is 5.56 Å². The Morgan fingerprint density at radius 2 is 2.10 bits per heavy atom. The number of hydrogen-bond donors (Lipinski definition) is 3. The fourth-order valence-corrected chi connectivity index (χ4v) is 1.90. The summed E-state index contributed by atoms with van der Waals surface area (Å²) in [7, 11) is 0. The second-order valence-corrected chi connectivity index (χ2v) is 4.37. The number of aromatic hydroxyl groups is 1. The van der Waals surface area contributed by atoms with Gasteiger partial charge in [0.1, 0.15) is 17.9 Å². The molecule has 2 aromatic heterocycles. The molecule has 0 unspecified atom stereocenters. The quantitative estimate of drug-likeness (QED) is 0.651. The van der Waals surface area contributed by atoms with Crippen molar-refractivity contribution in [2.75, 3.05) is 11.9 Å². The first kappa shape index (κ1) is 12.2. The highest BCUT2D eigenvalue weighted by Gasteiger charge is 2.02. The van der Waals surface area contributed by atoms with Crippen LogP contribution in [0, 0.1) is 0 Å². The first-order valence-electron chi connectivity index (χ1n) is 6.17. The third-order valence-corrected chi connectivity index (χ3v) is 2.97. The molecule has 0 saturated carbocycles. The van der Waals surface area contributed by atoms with Gasteiger partial charge in [-0.1, -0.05) is 12.1 Å². The molecule has 3 aromatic rings. The van der Waals surface area contributed by atoms with E-state index in [1.807, 2.05) is 12.1 Å². The predicted molar refractivity (Wildman–Crippen MR) is 73.9 cm³/mol. The highest BCUT2D eigenvalue weighted by atomic mass is 16.3. The van der Waals surface area contributed by atoms with Gasteiger partial charge in [0.25, 0.3) is 0 Å². The maximum Gasteiger partial charge on any atom is 0.348 e. The zero-order valence-electron chi connectivity index (χ0n) is 10.6. The minimum atomic E-state index is -0.303. The van der Waals surface area contributed by atoms with Crippen molar-refractivity contribution in [1.82, 2.24) is 19.6 Å². The Balaban J connectivity index is 1.64. The first-order valence-corrected chi connectivity index (χ1v) is 6.17. The molecule has 7 heteroatoms. The molecule has 0 amide bonds. The molecular formula is C13H13N5O2. The van der Waals surface area contributed by atoms with Gasteiger partial charge < -0.3 is 10.4 Å². The van der Waals surface area contributed by atoms with Crippen molar-refractivity contribution in [2.24, 2.45) is 0 Å². The van der Waals surface area contributed by atoms with E-state index >= 15 is 0 Å². The van der Waals surface area contributed by atoms with Gasteiger partial charge in [-0.15, -0.1) is 0 Å². The predicted octanol–water partition coefficient (Wildman–Crippen LogP) is 0.778. The monoisotopic (exact) mass is 271 g/mol. The van der Waals surface area contributed by atoms with Crippen LogP contribution in [0.3, 0.4) is 0 Å². The molecule has 0 atom stereocenters. The lowest BCUT2D eigenvalue weighted by atomic mass is 10.1. The molecule has 7 nitrogen and oxygen atoms in total. The molecule has 0 aliphatic heterocycles. The summed E-state index contributed by atoms with van der Waals surface area (Å²) in [4.78, 5) is 15.4. The minimum Gasteiger partial charge on any atom is -0.508 e. The molecule has 102 valence electrons. The van der Waals surface area contributed by atoms with Crippen molar-refractivity contribution in [3.8, 4) is 5.75 Å². The number of aromatic amines is 1. The number of nitrogens with one attached hydrogen (secondary N) is 2. The van der Waals surface area contributed by atoms with Crippen molar-refractivity contribution in [2.45, 2.75) is 6.42 Å². The van der Waals surface area contributed by atoms with Crippen molar-refractivity contribution in [3.05, 3.63) is 52.7 Å². The van der Waals surface area contributed by atoms with Crippen molar-refractivity contribution >= 4 is 11.5 Å². The summed E-state index contributed by atoms with van der Waals surface area (Å²) in [6.07, 6.45) is 2.24. The van der Waals surface area contributed by atoms with Gasteiger partial charge in [-0.3, -0.25) is 0 Å². The normalized spacial score (nSPS) is 10.8. The first-order chi connectivity index (χ1) is 9.72. The van der Waals surface area contributed by atoms with Gasteiger partial charge >= 0.3 is 5.69 Å². The second-order valence-electron chi connectivity index (χ2n) is 4.37. The van der Waals surface area contributed by atoms with Crippen LogP contribution in [-0.2, 0) is 6.42 Å². The zero-order chi connectivity index (χ0) is 13.9. The Labute approximate surface area is 113 Å². The molecule has 0 spiro atoms. The summed E-state index contributed by atoms with van der Waals surface area (Å²) in [5, 5.41) is 18.6. The Kier molecular flexibility index (Phi) is 3.08. The van der Waals surface area contributed by atoms with Crippen LogP contribution in [0.4, 0.5) is 5.82 Å². The fourth-order valence-electron chi connectivity index (χ4n) is 1.90. The van der Waals surface area contributed by atoms with Crippen molar-refractivity contribution in [1.29, 1.82) is 0 Å². The second kappa shape index (κ2) is 5.04. The topological polar surface area (TPSA) is 95.3 Å². The van der Waals surface area contributed by atoms with E-state index in [4.69, 9.17) is 0 Å². The summed E-state index contributed by atoms with van der Waals surface area (Å²) in [5.74, 6) is 0.924. The maximum atomic E-state index is 11.3. The molecule has 2 heterocycles. The van der Waals surface area contributed by atoms with Crippen LogP contribution in [0.15, 0.2) is 41.5 Å². The van der Waals surface area contributed by atoms with Gasteiger partial charge in [0.2, 0.25) is 0 Å². The average molecular weight is 271 g/mol. The number of benzene rings is 1. The fraction of sp³-hybridized carbons (Fsp3) is 0.154. The number of nitrogens with zero attached hydrogens (tertiary/aromatic N) is 3. The van der Waals surface area contributed by atoms with Crippen LogP contribution in [0.25, 0.3) is 5.65 Å². The van der Waals surface area contributed by atoms with Crippen LogP contribution in [0.2, 0.25) is 0 Å². The Morgan fingerprint density at radius 1 is 1.30 bits per heavy atom. The van der Waals surface area contributed by atoms with Gasteiger partial charge in [-0.25, -0.2) is 19.3 Å². The van der Waals surface area contributed by atoms with E-state index in [9.17, 15) is 9.90 Å². The highest BCUT2D eigenvalue weighted by molar-refractivity contribution is 5.48. The summed E-state index contributed by atoms with van der Waals surface area (Å²) >= 11 is 0. The van der Waals surface area contributed by atoms with E-state index in [-0.39, 0.29) is 11.4 Å². The molecule has 0 bridgehead atoms. The van der Waals surface area contributed by atoms with Crippen LogP contribution < -0.4 is 11.0 Å². The summed E-state index contributed by atoms with van der Waals surface area (Å²) in [6.45, 7) is 0.697. The van der Waals surface area contributed by atoms with Crippen LogP contribution in [0.5, 0.6) is 5.75 Å². The largest absolute Gasteiger partial charge is 0.508 e. The molecule has 0 radical (unpaired) electrons. The summed E-state index contributed by atoms with van der Waals surface area (Å²) < 4.78 is 1.34. The lowest BCUT2D eigenvalue weighted by molar-refractivity contribution is 0.475. The standard InChI is InChI=1S/C13H13N5O2/c19-10-3-1-9(2-4-10)5-6-14-11-7-12-16-17-13(20)18(12)8-15-11/h1-4,7-8,14,19H,5-6H2,(H,17,20). The highest BCUT2D eigenvalue weighted by Crippen LogP contribution is 2.10. The van der Waals surface area contributed by atoms with E-state index in [0.717, 1.165) is 12.0 Å². The molecule has 0 fully saturated rings. The molecule has 0 aliphatic rings. The molecular weight excluding hydrogens is 258 g/mol. The summed E-state index contributed by atoms with van der Waals surface area (Å²) in [5.41, 5.74) is 1.34. The third-order valence-electron chi connectivity index (χ3n) is 2.97. The molecule has 20 heavy (non-hydrogen) atoms. The average Bonchev–Trinajstić information content (AvgIpc) is 2.82. The number of phenolic OH excluding ortho intramolecular Hbond substituents is 1. The number of phenols is 1. The summed E-state index contributed by atoms with van der Waals surface area (Å²) in [6, 6.07) is 8.78. The minimum absolute atomic E-state index is 0.262. The Hall–Kier alpha value is -2.83. The number of rotatable bonds is 4. The molecule has 3 rings (SSSR count). The smallest absolute Gasteiger partial charge is 0.348 e. The SMILES string of the molecule is O=c1[nH]nc2cc(NCCc3ccc(O)cc3)ncn12. The molecule has 0 saturated heterocycles. The van der Waals surface area contributed by atoms with E-state index in [2.05, 4.69) is 20.5 Å². The number of fused-ring (bicyclic) bond motifs is 1. The van der Waals surface area contributed by atoms with Crippen molar-refractivity contribution < 1.29 is 5.11 Å². The Morgan fingerprint density at radius 3 is 2.90 bits per heavy atom. The lowest BCUT2D eigenvalue weighted by Crippen LogP contribution is -2.11. The van der Waals surface area contributed by atoms with Gasteiger partial charge in [-0.2, -0.15) is 5.10 Å². The third kappa shape index (κ3) is 2.46. The van der Waals surface area contributed by atoms with Gasteiger partial charge in [0, 0.05) is 12.6 Å². The number of H-pyrrole nitrogens is 1. The van der Waals surface area contributed by atoms with Crippen LogP contribution in [-0.4, -0.2) is 31.2 Å². The number of anilines is 1. The van der Waals surface area contributed by atoms with E-state index in [1.165, 1.54) is 10.7 Å². The molecule has 0 aliphatic carbocycles. The van der Waals surface area contributed by atoms with Crippen LogP contribution >= 0.6 is 0 Å². The molecule has 1 aromatic carbocycles. The van der Waals surface area contributed by atoms with Gasteiger partial charge in [0.15, 0.2) is 5.65 Å². The van der Waals surface area contributed by atoms with Gasteiger partial charge in [-0.05, 0) is 24.1 Å². The zero-order valence-corrected chi connectivity index (χ0v) is 10.6. The number of aromatic nitrogens is 4. The van der Waals surface area contributed by atoms with E-state index in [1.54, 1.807) is 18.2 Å². The Bertz CT molecular complexity index is 775. The number of hydrogen-bond acceptors (Lipinski definition) is 5. The van der Waals surface area contributed by atoms with E-state index in [0.29, 0.717) is 18.0 Å². The van der Waals surface area contributed by atoms with Gasteiger partial charge in [0.05, 0.1) is 0 Å². The van der Waals surface area contributed by atoms with Crippen molar-refractivity contribution in [3.63, 3.8) is 0 Å².